The molecule has 2 amide bonds. The zero-order chi connectivity index (χ0) is 17.1. The van der Waals surface area contributed by atoms with Gasteiger partial charge in [0.1, 0.15) is 11.9 Å². The normalized spacial score (nSPS) is 16.4. The highest BCUT2D eigenvalue weighted by atomic mass is 19.1. The van der Waals surface area contributed by atoms with Crippen LogP contribution in [0.1, 0.15) is 23.6 Å². The first-order valence-electron chi connectivity index (χ1n) is 7.91. The average Bonchev–Trinajstić information content (AvgIpc) is 2.59. The largest absolute Gasteiger partial charge is 0.350 e. The predicted octanol–water partition coefficient (Wildman–Crippen LogP) is 2.42. The third-order valence-electron chi connectivity index (χ3n) is 4.37. The molecule has 2 aromatic rings. The number of nitrogens with one attached hydrogen (secondary N) is 1. The molecule has 0 radical (unpaired) electrons. The van der Waals surface area contributed by atoms with Crippen molar-refractivity contribution in [2.45, 2.75) is 32.5 Å². The van der Waals surface area contributed by atoms with Crippen molar-refractivity contribution in [2.75, 3.05) is 0 Å². The van der Waals surface area contributed by atoms with Gasteiger partial charge in [0.25, 0.3) is 0 Å². The summed E-state index contributed by atoms with van der Waals surface area (Å²) in [6.07, 6.45) is 0.471. The van der Waals surface area contributed by atoms with Crippen LogP contribution in [0.2, 0.25) is 0 Å². The molecule has 0 unspecified atom stereocenters. The van der Waals surface area contributed by atoms with Crippen molar-refractivity contribution in [3.05, 3.63) is 71.0 Å². The Kier molecular flexibility index (Phi) is 4.60. The van der Waals surface area contributed by atoms with Gasteiger partial charge in [-0.25, -0.2) is 4.39 Å². The molecule has 0 spiro atoms. The number of carbonyl (C=O) groups is 2. The summed E-state index contributed by atoms with van der Waals surface area (Å²) in [4.78, 5) is 26.1. The van der Waals surface area contributed by atoms with Gasteiger partial charge in [-0.15, -0.1) is 0 Å². The molecule has 3 rings (SSSR count). The lowest BCUT2D eigenvalue weighted by molar-refractivity contribution is -0.140. The molecule has 0 fully saturated rings. The topological polar surface area (TPSA) is 49.4 Å². The predicted molar refractivity (Wildman–Crippen MR) is 88.4 cm³/mol. The zero-order valence-corrected chi connectivity index (χ0v) is 13.5. The average molecular weight is 326 g/mol. The van der Waals surface area contributed by atoms with E-state index in [-0.39, 0.29) is 24.2 Å². The second-order valence-electron chi connectivity index (χ2n) is 5.94. The molecular formula is C19H19FN2O2. The summed E-state index contributed by atoms with van der Waals surface area (Å²) in [6, 6.07) is 13.6. The SMILES string of the molecule is CC(=O)N1Cc2ccccc2C[C@@H]1C(=O)NCc1ccccc1F. The Hall–Kier alpha value is -2.69. The standard InChI is InChI=1S/C19H19FN2O2/c1-13(23)22-12-16-8-3-2-6-14(16)10-18(22)19(24)21-11-15-7-4-5-9-17(15)20/h2-9,18H,10-12H2,1H3,(H,21,24)/t18-/m1/s1. The number of carbonyl (C=O) groups excluding carboxylic acids is 2. The molecule has 24 heavy (non-hydrogen) atoms. The van der Waals surface area contributed by atoms with E-state index < -0.39 is 6.04 Å². The summed E-state index contributed by atoms with van der Waals surface area (Å²) in [7, 11) is 0. The van der Waals surface area contributed by atoms with E-state index in [0.29, 0.717) is 18.5 Å². The Balaban J connectivity index is 1.75. The van der Waals surface area contributed by atoms with Gasteiger partial charge in [-0.05, 0) is 17.2 Å². The molecule has 2 aromatic carbocycles. The fraction of sp³-hybridized carbons (Fsp3) is 0.263. The Morgan fingerprint density at radius 3 is 2.50 bits per heavy atom. The number of benzene rings is 2. The minimum absolute atomic E-state index is 0.107. The highest BCUT2D eigenvalue weighted by Crippen LogP contribution is 2.23. The molecular weight excluding hydrogens is 307 g/mol. The lowest BCUT2D eigenvalue weighted by Crippen LogP contribution is -2.51. The molecule has 1 aliphatic rings. The number of fused-ring (bicyclic) bond motifs is 1. The maximum atomic E-state index is 13.7. The number of rotatable bonds is 3. The van der Waals surface area contributed by atoms with Crippen LogP contribution >= 0.6 is 0 Å². The maximum Gasteiger partial charge on any atom is 0.243 e. The molecule has 0 saturated carbocycles. The van der Waals surface area contributed by atoms with E-state index in [1.54, 1.807) is 23.1 Å². The highest BCUT2D eigenvalue weighted by Gasteiger charge is 2.32. The minimum atomic E-state index is -0.566. The van der Waals surface area contributed by atoms with E-state index >= 15 is 0 Å². The third-order valence-corrected chi connectivity index (χ3v) is 4.37. The van der Waals surface area contributed by atoms with E-state index in [1.165, 1.54) is 13.0 Å². The van der Waals surface area contributed by atoms with Crippen LogP contribution in [0.3, 0.4) is 0 Å². The number of nitrogens with zero attached hydrogens (tertiary/aromatic N) is 1. The van der Waals surface area contributed by atoms with Gasteiger partial charge < -0.3 is 10.2 Å². The molecule has 5 heteroatoms. The van der Waals surface area contributed by atoms with Gasteiger partial charge in [0.05, 0.1) is 0 Å². The second kappa shape index (κ2) is 6.83. The van der Waals surface area contributed by atoms with Gasteiger partial charge in [-0.3, -0.25) is 9.59 Å². The van der Waals surface area contributed by atoms with E-state index in [9.17, 15) is 14.0 Å². The molecule has 1 aliphatic heterocycles. The van der Waals surface area contributed by atoms with Crippen LogP contribution in [-0.2, 0) is 29.1 Å². The molecule has 4 nitrogen and oxygen atoms in total. The van der Waals surface area contributed by atoms with Gasteiger partial charge in [0.2, 0.25) is 11.8 Å². The smallest absolute Gasteiger partial charge is 0.243 e. The molecule has 0 bridgehead atoms. The van der Waals surface area contributed by atoms with Crippen molar-refractivity contribution in [1.29, 1.82) is 0 Å². The summed E-state index contributed by atoms with van der Waals surface area (Å²) in [5.41, 5.74) is 2.56. The number of hydrogen-bond acceptors (Lipinski definition) is 2. The van der Waals surface area contributed by atoms with Crippen LogP contribution in [-0.4, -0.2) is 22.8 Å². The van der Waals surface area contributed by atoms with Gasteiger partial charge >= 0.3 is 0 Å². The maximum absolute atomic E-state index is 13.7. The number of hydrogen-bond donors (Lipinski definition) is 1. The van der Waals surface area contributed by atoms with E-state index in [2.05, 4.69) is 5.32 Å². The lowest BCUT2D eigenvalue weighted by atomic mass is 9.93. The fourth-order valence-electron chi connectivity index (χ4n) is 3.03. The number of amides is 2. The molecule has 124 valence electrons. The van der Waals surface area contributed by atoms with Crippen LogP contribution in [0.5, 0.6) is 0 Å². The van der Waals surface area contributed by atoms with Crippen molar-refractivity contribution in [1.82, 2.24) is 10.2 Å². The lowest BCUT2D eigenvalue weighted by Gasteiger charge is -2.35. The fourth-order valence-corrected chi connectivity index (χ4v) is 3.03. The van der Waals surface area contributed by atoms with Gasteiger partial charge in [-0.1, -0.05) is 42.5 Å². The summed E-state index contributed by atoms with van der Waals surface area (Å²) < 4.78 is 13.7. The molecule has 1 atom stereocenters. The monoisotopic (exact) mass is 326 g/mol. The van der Waals surface area contributed by atoms with E-state index in [0.717, 1.165) is 11.1 Å². The summed E-state index contributed by atoms with van der Waals surface area (Å²) in [6.45, 7) is 1.99. The van der Waals surface area contributed by atoms with Crippen LogP contribution in [0.15, 0.2) is 48.5 Å². The first kappa shape index (κ1) is 16.2. The quantitative estimate of drug-likeness (QED) is 0.942. The summed E-state index contributed by atoms with van der Waals surface area (Å²) >= 11 is 0. The van der Waals surface area contributed by atoms with Gasteiger partial charge in [-0.2, -0.15) is 0 Å². The molecule has 0 saturated heterocycles. The number of halogens is 1. The van der Waals surface area contributed by atoms with Gasteiger partial charge in [0.15, 0.2) is 0 Å². The Morgan fingerprint density at radius 1 is 1.12 bits per heavy atom. The van der Waals surface area contributed by atoms with Crippen LogP contribution in [0.25, 0.3) is 0 Å². The molecule has 1 N–H and O–H groups in total. The zero-order valence-electron chi connectivity index (χ0n) is 13.5. The van der Waals surface area contributed by atoms with Crippen molar-refractivity contribution in [3.63, 3.8) is 0 Å². The van der Waals surface area contributed by atoms with Crippen LogP contribution in [0, 0.1) is 5.82 Å². The molecule has 0 aliphatic carbocycles. The van der Waals surface area contributed by atoms with Gasteiger partial charge in [0, 0.05) is 32.0 Å². The molecule has 1 heterocycles. The van der Waals surface area contributed by atoms with Crippen molar-refractivity contribution < 1.29 is 14.0 Å². The third kappa shape index (κ3) is 3.30. The second-order valence-corrected chi connectivity index (χ2v) is 5.94. The Bertz CT molecular complexity index is 775. The van der Waals surface area contributed by atoms with Crippen LogP contribution in [0.4, 0.5) is 4.39 Å². The van der Waals surface area contributed by atoms with Crippen molar-refractivity contribution in [2.24, 2.45) is 0 Å². The Morgan fingerprint density at radius 2 is 1.79 bits per heavy atom. The first-order valence-corrected chi connectivity index (χ1v) is 7.91. The van der Waals surface area contributed by atoms with Crippen LogP contribution < -0.4 is 5.32 Å². The van der Waals surface area contributed by atoms with E-state index in [1.807, 2.05) is 24.3 Å². The first-order chi connectivity index (χ1) is 11.6. The summed E-state index contributed by atoms with van der Waals surface area (Å²) in [5, 5.41) is 2.75. The van der Waals surface area contributed by atoms with E-state index in [4.69, 9.17) is 0 Å². The van der Waals surface area contributed by atoms with Crippen molar-refractivity contribution >= 4 is 11.8 Å². The minimum Gasteiger partial charge on any atom is -0.350 e. The Labute approximate surface area is 140 Å². The van der Waals surface area contributed by atoms with Crippen molar-refractivity contribution in [3.8, 4) is 0 Å². The summed E-state index contributed by atoms with van der Waals surface area (Å²) in [5.74, 6) is -0.756. The molecule has 0 aromatic heterocycles. The highest BCUT2D eigenvalue weighted by molar-refractivity contribution is 5.87.